The quantitative estimate of drug-likeness (QED) is 0.391. The van der Waals surface area contributed by atoms with Crippen molar-refractivity contribution in [2.75, 3.05) is 0 Å². The van der Waals surface area contributed by atoms with Crippen LogP contribution in [0.5, 0.6) is 0 Å². The van der Waals surface area contributed by atoms with E-state index in [1.165, 1.54) is 0 Å². The molecule has 0 aliphatic carbocycles. The molecule has 0 aromatic carbocycles. The van der Waals surface area contributed by atoms with Crippen LogP contribution in [-0.4, -0.2) is 12.2 Å². The molecule has 1 rings (SSSR count). The van der Waals surface area contributed by atoms with E-state index < -0.39 is 0 Å². The average molecular weight is 113 g/mol. The summed E-state index contributed by atoms with van der Waals surface area (Å²) in [6, 6.07) is 0. The largest absolute Gasteiger partial charge is 0.405 e. The molecule has 1 aliphatic heterocycles. The lowest BCUT2D eigenvalue weighted by molar-refractivity contribution is 0.385. The number of rotatable bonds is 2. The molecular formula is C7H13O-. The van der Waals surface area contributed by atoms with Gasteiger partial charge in [-0.25, -0.2) is 0 Å². The van der Waals surface area contributed by atoms with Crippen LogP contribution < -0.4 is 0 Å². The maximum absolute atomic E-state index is 5.17. The summed E-state index contributed by atoms with van der Waals surface area (Å²) in [7, 11) is 0. The molecule has 8 heavy (non-hydrogen) atoms. The monoisotopic (exact) mass is 113 g/mol. The van der Waals surface area contributed by atoms with E-state index in [9.17, 15) is 0 Å². The summed E-state index contributed by atoms with van der Waals surface area (Å²) in [6.07, 6.45) is 3.21. The van der Waals surface area contributed by atoms with Crippen LogP contribution in [0.15, 0.2) is 0 Å². The Morgan fingerprint density at radius 3 is 2.12 bits per heavy atom. The van der Waals surface area contributed by atoms with Crippen LogP contribution in [0.25, 0.3) is 0 Å². The van der Waals surface area contributed by atoms with Gasteiger partial charge in [-0.05, 0) is 13.0 Å². The summed E-state index contributed by atoms with van der Waals surface area (Å²) >= 11 is 0. The number of hydrogen-bond acceptors (Lipinski definition) is 1. The molecule has 0 bridgehead atoms. The third-order valence-corrected chi connectivity index (χ3v) is 1.33. The summed E-state index contributed by atoms with van der Waals surface area (Å²) in [5.74, 6) is 0.671. The fourth-order valence-corrected chi connectivity index (χ4v) is 0.784. The van der Waals surface area contributed by atoms with Gasteiger partial charge in [0.1, 0.15) is 0 Å². The molecule has 0 spiro atoms. The van der Waals surface area contributed by atoms with Gasteiger partial charge in [0, 0.05) is 6.10 Å². The van der Waals surface area contributed by atoms with Gasteiger partial charge in [0.25, 0.3) is 0 Å². The van der Waals surface area contributed by atoms with Crippen LogP contribution in [0.3, 0.4) is 0 Å². The smallest absolute Gasteiger partial charge is 0.0498 e. The molecule has 1 nitrogen and oxygen atoms in total. The summed E-state index contributed by atoms with van der Waals surface area (Å²) in [4.78, 5) is 0. The highest BCUT2D eigenvalue weighted by atomic mass is 16.6. The Hall–Kier alpha value is -0.0400. The van der Waals surface area contributed by atoms with E-state index in [0.29, 0.717) is 18.1 Å². The normalized spacial score (nSPS) is 36.0. The zero-order valence-electron chi connectivity index (χ0n) is 5.72. The van der Waals surface area contributed by atoms with Gasteiger partial charge in [-0.3, -0.25) is 6.42 Å². The van der Waals surface area contributed by atoms with Crippen molar-refractivity contribution in [1.29, 1.82) is 0 Å². The van der Waals surface area contributed by atoms with E-state index in [1.807, 2.05) is 0 Å². The lowest BCUT2D eigenvalue weighted by atomic mass is 10.1. The Labute approximate surface area is 51.0 Å². The van der Waals surface area contributed by atoms with E-state index in [4.69, 9.17) is 4.74 Å². The molecule has 1 heteroatoms. The van der Waals surface area contributed by atoms with Crippen molar-refractivity contribution in [2.24, 2.45) is 5.92 Å². The molecule has 2 atom stereocenters. The second-order valence-electron chi connectivity index (χ2n) is 2.74. The maximum atomic E-state index is 5.17. The minimum atomic E-state index is 0.468. The summed E-state index contributed by atoms with van der Waals surface area (Å²) < 4.78 is 5.17. The first-order valence-corrected chi connectivity index (χ1v) is 3.20. The van der Waals surface area contributed by atoms with Gasteiger partial charge in [-0.2, -0.15) is 5.92 Å². The fraction of sp³-hybridized carbons (Fsp3) is 0.857. The molecule has 2 unspecified atom stereocenters. The highest BCUT2D eigenvalue weighted by Gasteiger charge is 2.25. The predicted octanol–water partition coefficient (Wildman–Crippen LogP) is 1.63. The molecule has 0 N–H and O–H groups in total. The topological polar surface area (TPSA) is 12.5 Å². The summed E-state index contributed by atoms with van der Waals surface area (Å²) in [6.45, 7) is 6.45. The van der Waals surface area contributed by atoms with Gasteiger partial charge in [-0.15, -0.1) is 0 Å². The second-order valence-corrected chi connectivity index (χ2v) is 2.74. The van der Waals surface area contributed by atoms with Crippen LogP contribution in [0.2, 0.25) is 0 Å². The van der Waals surface area contributed by atoms with Gasteiger partial charge >= 0.3 is 0 Å². The van der Waals surface area contributed by atoms with Crippen molar-refractivity contribution < 1.29 is 4.74 Å². The molecule has 0 aromatic heterocycles. The van der Waals surface area contributed by atoms with E-state index in [1.54, 1.807) is 0 Å². The first-order valence-electron chi connectivity index (χ1n) is 3.20. The van der Waals surface area contributed by atoms with Crippen LogP contribution in [0, 0.1) is 12.3 Å². The first-order chi connectivity index (χ1) is 3.70. The first kappa shape index (κ1) is 6.09. The maximum Gasteiger partial charge on any atom is 0.0498 e. The van der Waals surface area contributed by atoms with Crippen LogP contribution in [0.1, 0.15) is 20.8 Å². The lowest BCUT2D eigenvalue weighted by Crippen LogP contribution is -1.96. The van der Waals surface area contributed by atoms with Crippen molar-refractivity contribution in [3.8, 4) is 0 Å². The molecular weight excluding hydrogens is 100 g/mol. The Balaban J connectivity index is 2.05. The van der Waals surface area contributed by atoms with E-state index >= 15 is 0 Å². The Morgan fingerprint density at radius 2 is 2.00 bits per heavy atom. The Morgan fingerprint density at radius 1 is 1.50 bits per heavy atom. The fourth-order valence-electron chi connectivity index (χ4n) is 0.784. The highest BCUT2D eigenvalue weighted by molar-refractivity contribution is 4.94. The van der Waals surface area contributed by atoms with Crippen molar-refractivity contribution in [3.05, 3.63) is 6.42 Å². The molecule has 0 aromatic rings. The van der Waals surface area contributed by atoms with Crippen molar-refractivity contribution in [2.45, 2.75) is 33.0 Å². The third kappa shape index (κ3) is 1.48. The summed E-state index contributed by atoms with van der Waals surface area (Å²) in [5, 5.41) is 0. The van der Waals surface area contributed by atoms with Gasteiger partial charge in [0.05, 0.1) is 0 Å². The predicted molar refractivity (Wildman–Crippen MR) is 33.5 cm³/mol. The lowest BCUT2D eigenvalue weighted by Gasteiger charge is -2.11. The minimum Gasteiger partial charge on any atom is -0.405 e. The number of ether oxygens (including phenoxy) is 1. The molecule has 1 fully saturated rings. The number of epoxide rings is 1. The zero-order chi connectivity index (χ0) is 6.15. The molecule has 1 heterocycles. The highest BCUT2D eigenvalue weighted by Crippen LogP contribution is 2.26. The zero-order valence-corrected chi connectivity index (χ0v) is 5.72. The molecule has 0 amide bonds. The summed E-state index contributed by atoms with van der Waals surface area (Å²) in [5.41, 5.74) is 0. The molecule has 0 radical (unpaired) electrons. The van der Waals surface area contributed by atoms with Gasteiger partial charge < -0.3 is 4.74 Å². The van der Waals surface area contributed by atoms with Crippen molar-refractivity contribution >= 4 is 0 Å². The van der Waals surface area contributed by atoms with E-state index in [0.717, 1.165) is 0 Å². The molecule has 1 saturated heterocycles. The molecule has 48 valence electrons. The van der Waals surface area contributed by atoms with Crippen molar-refractivity contribution in [1.82, 2.24) is 0 Å². The van der Waals surface area contributed by atoms with E-state index in [-0.39, 0.29) is 0 Å². The Bertz CT molecular complexity index is 78.5. The van der Waals surface area contributed by atoms with Crippen LogP contribution >= 0.6 is 0 Å². The van der Waals surface area contributed by atoms with Gasteiger partial charge in [0.2, 0.25) is 0 Å². The van der Waals surface area contributed by atoms with Crippen LogP contribution in [0.4, 0.5) is 0 Å². The van der Waals surface area contributed by atoms with E-state index in [2.05, 4.69) is 27.2 Å². The SMILES string of the molecule is CC(C)[CH-]C1OC1C. The minimum absolute atomic E-state index is 0.468. The Kier molecular flexibility index (Phi) is 1.57. The third-order valence-electron chi connectivity index (χ3n) is 1.33. The van der Waals surface area contributed by atoms with Crippen molar-refractivity contribution in [3.63, 3.8) is 0 Å². The standard InChI is InChI=1S/C7H13O/c1-5(2)4-7-6(3)8-7/h4-7H,1-3H3/q-1. The number of hydrogen-bond donors (Lipinski definition) is 0. The van der Waals surface area contributed by atoms with Gasteiger partial charge in [-0.1, -0.05) is 13.8 Å². The molecule has 1 aliphatic rings. The van der Waals surface area contributed by atoms with Gasteiger partial charge in [0.15, 0.2) is 0 Å². The second kappa shape index (κ2) is 2.06. The van der Waals surface area contributed by atoms with Crippen LogP contribution in [-0.2, 0) is 4.74 Å². The average Bonchev–Trinajstić information content (AvgIpc) is 2.17. The molecule has 0 saturated carbocycles.